The molecule has 0 spiro atoms. The van der Waals surface area contributed by atoms with Gasteiger partial charge in [0.1, 0.15) is 11.9 Å². The molecule has 0 heterocycles. The van der Waals surface area contributed by atoms with Gasteiger partial charge in [0.2, 0.25) is 5.91 Å². The molecule has 2 N–H and O–H groups in total. The average Bonchev–Trinajstić information content (AvgIpc) is 3.22. The summed E-state index contributed by atoms with van der Waals surface area (Å²) in [5.74, 6) is 1.66. The van der Waals surface area contributed by atoms with Crippen molar-refractivity contribution in [2.45, 2.75) is 25.9 Å². The maximum Gasteiger partial charge on any atom is 0.234 e. The molecule has 0 aromatic heterocycles. The fourth-order valence-electron chi connectivity index (χ4n) is 1.80. The highest BCUT2D eigenvalue weighted by Crippen LogP contribution is 2.27. The maximum absolute atomic E-state index is 11.6. The maximum atomic E-state index is 11.6. The van der Waals surface area contributed by atoms with Crippen LogP contribution in [0.2, 0.25) is 0 Å². The first-order valence-electron chi connectivity index (χ1n) is 6.93. The van der Waals surface area contributed by atoms with Crippen LogP contribution in [0, 0.1) is 5.92 Å². The van der Waals surface area contributed by atoms with Crippen LogP contribution in [-0.2, 0) is 4.79 Å². The Kier molecular flexibility index (Phi) is 7.41. The van der Waals surface area contributed by atoms with Crippen molar-refractivity contribution in [1.29, 1.82) is 0 Å². The highest BCUT2D eigenvalue weighted by Gasteiger charge is 2.20. The van der Waals surface area contributed by atoms with Crippen molar-refractivity contribution in [1.82, 2.24) is 10.6 Å². The first-order valence-corrected chi connectivity index (χ1v) is 6.93. The highest BCUT2D eigenvalue weighted by molar-refractivity contribution is 5.85. The summed E-state index contributed by atoms with van der Waals surface area (Å²) in [7, 11) is 0. The predicted molar refractivity (Wildman–Crippen MR) is 82.4 cm³/mol. The summed E-state index contributed by atoms with van der Waals surface area (Å²) in [6.45, 7) is 3.84. The zero-order valence-electron chi connectivity index (χ0n) is 11.8. The number of carbonyl (C=O) groups is 1. The molecule has 1 aromatic rings. The van der Waals surface area contributed by atoms with Crippen LogP contribution in [0.15, 0.2) is 30.3 Å². The molecular formula is C15H23ClN2O2. The lowest BCUT2D eigenvalue weighted by Gasteiger charge is -2.15. The molecule has 0 bridgehead atoms. The Bertz CT molecular complexity index is 396. The summed E-state index contributed by atoms with van der Waals surface area (Å²) >= 11 is 0. The quantitative estimate of drug-likeness (QED) is 0.772. The lowest BCUT2D eigenvalue weighted by molar-refractivity contribution is -0.120. The number of amides is 1. The van der Waals surface area contributed by atoms with E-state index in [1.54, 1.807) is 0 Å². The number of hydrogen-bond donors (Lipinski definition) is 2. The molecule has 112 valence electrons. The molecule has 1 unspecified atom stereocenters. The lowest BCUT2D eigenvalue weighted by atomic mass is 10.3. The normalized spacial score (nSPS) is 15.1. The summed E-state index contributed by atoms with van der Waals surface area (Å²) in [6.07, 6.45) is 2.57. The fourth-order valence-corrected chi connectivity index (χ4v) is 1.80. The summed E-state index contributed by atoms with van der Waals surface area (Å²) in [5, 5.41) is 6.04. The van der Waals surface area contributed by atoms with Crippen molar-refractivity contribution in [2.75, 3.05) is 19.6 Å². The summed E-state index contributed by atoms with van der Waals surface area (Å²) in [6, 6.07) is 9.64. The molecule has 1 aliphatic carbocycles. The molecule has 1 atom stereocenters. The third kappa shape index (κ3) is 6.78. The molecule has 0 saturated heterocycles. The molecule has 0 radical (unpaired) electrons. The molecule has 20 heavy (non-hydrogen) atoms. The van der Waals surface area contributed by atoms with E-state index in [1.807, 2.05) is 37.3 Å². The Labute approximate surface area is 126 Å². The summed E-state index contributed by atoms with van der Waals surface area (Å²) in [4.78, 5) is 11.6. The number of ether oxygens (including phenoxy) is 1. The molecule has 2 rings (SSSR count). The van der Waals surface area contributed by atoms with Gasteiger partial charge in [0.15, 0.2) is 0 Å². The minimum absolute atomic E-state index is 0. The Morgan fingerprint density at radius 1 is 1.35 bits per heavy atom. The Morgan fingerprint density at radius 2 is 2.05 bits per heavy atom. The largest absolute Gasteiger partial charge is 0.489 e. The van der Waals surface area contributed by atoms with E-state index in [9.17, 15) is 4.79 Å². The monoisotopic (exact) mass is 298 g/mol. The van der Waals surface area contributed by atoms with Gasteiger partial charge in [-0.3, -0.25) is 4.79 Å². The summed E-state index contributed by atoms with van der Waals surface area (Å²) in [5.41, 5.74) is 0. The fraction of sp³-hybridized carbons (Fsp3) is 0.533. The van der Waals surface area contributed by atoms with E-state index < -0.39 is 0 Å². The van der Waals surface area contributed by atoms with Crippen molar-refractivity contribution < 1.29 is 9.53 Å². The van der Waals surface area contributed by atoms with E-state index in [-0.39, 0.29) is 24.4 Å². The van der Waals surface area contributed by atoms with E-state index in [0.717, 1.165) is 18.2 Å². The zero-order chi connectivity index (χ0) is 13.5. The average molecular weight is 299 g/mol. The van der Waals surface area contributed by atoms with Crippen LogP contribution in [0.4, 0.5) is 0 Å². The van der Waals surface area contributed by atoms with Gasteiger partial charge in [-0.15, -0.1) is 12.4 Å². The molecular weight excluding hydrogens is 276 g/mol. The van der Waals surface area contributed by atoms with Gasteiger partial charge in [0.25, 0.3) is 0 Å². The van der Waals surface area contributed by atoms with E-state index in [0.29, 0.717) is 13.1 Å². The molecule has 5 heteroatoms. The third-order valence-electron chi connectivity index (χ3n) is 3.08. The number of para-hydroxylation sites is 1. The second-order valence-corrected chi connectivity index (χ2v) is 5.12. The molecule has 1 aliphatic rings. The van der Waals surface area contributed by atoms with Gasteiger partial charge < -0.3 is 15.4 Å². The van der Waals surface area contributed by atoms with Gasteiger partial charge in [-0.25, -0.2) is 0 Å². The number of hydrogen-bond acceptors (Lipinski definition) is 3. The van der Waals surface area contributed by atoms with E-state index in [1.165, 1.54) is 12.8 Å². The molecule has 0 aliphatic heterocycles. The van der Waals surface area contributed by atoms with Crippen LogP contribution in [0.5, 0.6) is 5.75 Å². The number of benzene rings is 1. The van der Waals surface area contributed by atoms with Crippen LogP contribution >= 0.6 is 12.4 Å². The first-order chi connectivity index (χ1) is 9.24. The van der Waals surface area contributed by atoms with E-state index in [2.05, 4.69) is 10.6 Å². The molecule has 1 amide bonds. The van der Waals surface area contributed by atoms with Crippen molar-refractivity contribution in [3.8, 4) is 5.75 Å². The minimum atomic E-state index is -0.0326. The molecule has 1 saturated carbocycles. The number of rotatable bonds is 8. The first kappa shape index (κ1) is 16.8. The summed E-state index contributed by atoms with van der Waals surface area (Å²) < 4.78 is 5.68. The predicted octanol–water partition coefficient (Wildman–Crippen LogP) is 1.99. The standard InChI is InChI=1S/C15H22N2O2.ClH/c1-12(19-14-5-3-2-4-6-14)9-17-15(18)11-16-10-13-7-8-13;/h2-6,12-13,16H,7-11H2,1H3,(H,17,18);1H. The van der Waals surface area contributed by atoms with Gasteiger partial charge >= 0.3 is 0 Å². The molecule has 1 fully saturated rings. The third-order valence-corrected chi connectivity index (χ3v) is 3.08. The Hall–Kier alpha value is -1.26. The van der Waals surface area contributed by atoms with Gasteiger partial charge in [-0.2, -0.15) is 0 Å². The number of carbonyl (C=O) groups excluding carboxylic acids is 1. The van der Waals surface area contributed by atoms with Gasteiger partial charge in [0.05, 0.1) is 13.1 Å². The van der Waals surface area contributed by atoms with Gasteiger partial charge in [-0.1, -0.05) is 18.2 Å². The highest BCUT2D eigenvalue weighted by atomic mass is 35.5. The van der Waals surface area contributed by atoms with Crippen LogP contribution < -0.4 is 15.4 Å². The Morgan fingerprint density at radius 3 is 2.70 bits per heavy atom. The van der Waals surface area contributed by atoms with Crippen LogP contribution in [-0.4, -0.2) is 31.6 Å². The Balaban J connectivity index is 0.00000200. The SMILES string of the molecule is CC(CNC(=O)CNCC1CC1)Oc1ccccc1.Cl. The number of nitrogens with one attached hydrogen (secondary N) is 2. The van der Waals surface area contributed by atoms with Crippen molar-refractivity contribution in [2.24, 2.45) is 5.92 Å². The van der Waals surface area contributed by atoms with Crippen LogP contribution in [0.25, 0.3) is 0 Å². The van der Waals surface area contributed by atoms with Gasteiger partial charge in [-0.05, 0) is 44.4 Å². The van der Waals surface area contributed by atoms with E-state index >= 15 is 0 Å². The van der Waals surface area contributed by atoms with Gasteiger partial charge in [0, 0.05) is 0 Å². The van der Waals surface area contributed by atoms with Crippen molar-refractivity contribution in [3.05, 3.63) is 30.3 Å². The zero-order valence-corrected chi connectivity index (χ0v) is 12.6. The minimum Gasteiger partial charge on any atom is -0.489 e. The van der Waals surface area contributed by atoms with Crippen molar-refractivity contribution >= 4 is 18.3 Å². The second kappa shape index (κ2) is 8.82. The topological polar surface area (TPSA) is 50.4 Å². The second-order valence-electron chi connectivity index (χ2n) is 5.12. The van der Waals surface area contributed by atoms with Crippen LogP contribution in [0.1, 0.15) is 19.8 Å². The number of halogens is 1. The van der Waals surface area contributed by atoms with E-state index in [4.69, 9.17) is 4.74 Å². The lowest BCUT2D eigenvalue weighted by Crippen LogP contribution is -2.39. The van der Waals surface area contributed by atoms with Crippen LogP contribution in [0.3, 0.4) is 0 Å². The van der Waals surface area contributed by atoms with Crippen molar-refractivity contribution in [3.63, 3.8) is 0 Å². The molecule has 4 nitrogen and oxygen atoms in total. The smallest absolute Gasteiger partial charge is 0.234 e. The molecule has 1 aromatic carbocycles.